The molecular weight excluding hydrogens is 314 g/mol. The molecular formula is C17H23NO6. The second kappa shape index (κ2) is 8.35. The molecule has 0 atom stereocenters. The van der Waals surface area contributed by atoms with Crippen molar-refractivity contribution in [1.82, 2.24) is 5.32 Å². The predicted molar refractivity (Wildman–Crippen MR) is 88.7 cm³/mol. The summed E-state index contributed by atoms with van der Waals surface area (Å²) in [6.45, 7) is 9.02. The van der Waals surface area contributed by atoms with Crippen LogP contribution in [0.2, 0.25) is 0 Å². The lowest BCUT2D eigenvalue weighted by atomic mass is 10.0. The first-order valence-corrected chi connectivity index (χ1v) is 7.28. The van der Waals surface area contributed by atoms with E-state index in [0.29, 0.717) is 16.9 Å². The van der Waals surface area contributed by atoms with E-state index in [0.717, 1.165) is 0 Å². The molecule has 0 saturated carbocycles. The SMILES string of the molecule is C=C(C(=O)O)c1ccc(CNC(=O)OC(C)(C)C)cc1OCOC. The number of amides is 1. The van der Waals surface area contributed by atoms with Gasteiger partial charge in [0.25, 0.3) is 0 Å². The molecule has 2 N–H and O–H groups in total. The Labute approximate surface area is 141 Å². The number of carbonyl (C=O) groups excluding carboxylic acids is 1. The molecule has 0 heterocycles. The van der Waals surface area contributed by atoms with Gasteiger partial charge in [-0.05, 0) is 32.4 Å². The molecule has 0 aliphatic carbocycles. The molecule has 0 saturated heterocycles. The minimum Gasteiger partial charge on any atom is -0.478 e. The van der Waals surface area contributed by atoms with E-state index in [9.17, 15) is 9.59 Å². The fourth-order valence-corrected chi connectivity index (χ4v) is 1.77. The number of carboxylic acid groups (broad SMARTS) is 1. The molecule has 0 aliphatic rings. The van der Waals surface area contributed by atoms with Crippen molar-refractivity contribution in [2.45, 2.75) is 32.9 Å². The number of hydrogen-bond acceptors (Lipinski definition) is 5. The summed E-state index contributed by atoms with van der Waals surface area (Å²) in [6, 6.07) is 4.88. The van der Waals surface area contributed by atoms with Crippen LogP contribution in [0.3, 0.4) is 0 Å². The second-order valence-corrected chi connectivity index (χ2v) is 6.02. The maximum Gasteiger partial charge on any atom is 0.407 e. The fourth-order valence-electron chi connectivity index (χ4n) is 1.77. The van der Waals surface area contributed by atoms with Crippen molar-refractivity contribution in [3.05, 3.63) is 35.9 Å². The maximum absolute atomic E-state index is 11.7. The molecule has 7 heteroatoms. The van der Waals surface area contributed by atoms with E-state index in [1.807, 2.05) is 0 Å². The van der Waals surface area contributed by atoms with Crippen molar-refractivity contribution in [2.24, 2.45) is 0 Å². The Morgan fingerprint density at radius 3 is 2.50 bits per heavy atom. The van der Waals surface area contributed by atoms with E-state index in [4.69, 9.17) is 19.3 Å². The zero-order valence-electron chi connectivity index (χ0n) is 14.3. The molecule has 24 heavy (non-hydrogen) atoms. The molecule has 0 aliphatic heterocycles. The van der Waals surface area contributed by atoms with Crippen LogP contribution < -0.4 is 10.1 Å². The number of benzene rings is 1. The van der Waals surface area contributed by atoms with Gasteiger partial charge in [0.2, 0.25) is 0 Å². The van der Waals surface area contributed by atoms with Crippen molar-refractivity contribution >= 4 is 17.6 Å². The van der Waals surface area contributed by atoms with E-state index in [2.05, 4.69) is 11.9 Å². The standard InChI is InChI=1S/C17H23NO6/c1-11(15(19)20)13-7-6-12(8-14(13)23-10-22-5)9-18-16(21)24-17(2,3)4/h6-8H,1,9-10H2,2-5H3,(H,18,21)(H,19,20). The Bertz CT molecular complexity index is 618. The number of methoxy groups -OCH3 is 1. The van der Waals surface area contributed by atoms with Crippen LogP contribution in [0.25, 0.3) is 5.57 Å². The van der Waals surface area contributed by atoms with Crippen LogP contribution in [0.1, 0.15) is 31.9 Å². The van der Waals surface area contributed by atoms with Crippen LogP contribution >= 0.6 is 0 Å². The van der Waals surface area contributed by atoms with E-state index < -0.39 is 17.7 Å². The Morgan fingerprint density at radius 1 is 1.29 bits per heavy atom. The van der Waals surface area contributed by atoms with Crippen LogP contribution in [0.4, 0.5) is 4.79 Å². The van der Waals surface area contributed by atoms with Crippen molar-refractivity contribution in [2.75, 3.05) is 13.9 Å². The lowest BCUT2D eigenvalue weighted by molar-refractivity contribution is -0.130. The number of rotatable bonds is 7. The van der Waals surface area contributed by atoms with Gasteiger partial charge in [0, 0.05) is 19.2 Å². The quantitative estimate of drug-likeness (QED) is 0.587. The summed E-state index contributed by atoms with van der Waals surface area (Å²) >= 11 is 0. The van der Waals surface area contributed by atoms with Gasteiger partial charge in [-0.2, -0.15) is 0 Å². The molecule has 132 valence electrons. The summed E-state index contributed by atoms with van der Waals surface area (Å²) in [5, 5.41) is 11.7. The third kappa shape index (κ3) is 6.29. The van der Waals surface area contributed by atoms with Crippen LogP contribution in [-0.4, -0.2) is 36.7 Å². The van der Waals surface area contributed by atoms with Gasteiger partial charge in [0.1, 0.15) is 11.4 Å². The Hall–Kier alpha value is -2.54. The average molecular weight is 337 g/mol. The number of carbonyl (C=O) groups is 2. The summed E-state index contributed by atoms with van der Waals surface area (Å²) in [7, 11) is 1.46. The van der Waals surface area contributed by atoms with E-state index in [1.165, 1.54) is 7.11 Å². The molecule has 1 aromatic rings. The minimum atomic E-state index is -1.14. The summed E-state index contributed by atoms with van der Waals surface area (Å²) in [4.78, 5) is 22.8. The molecule has 0 fully saturated rings. The van der Waals surface area contributed by atoms with Gasteiger partial charge in [-0.1, -0.05) is 18.7 Å². The molecule has 0 unspecified atom stereocenters. The number of hydrogen-bond donors (Lipinski definition) is 2. The first-order valence-electron chi connectivity index (χ1n) is 7.28. The molecule has 1 rings (SSSR count). The molecule has 1 aromatic carbocycles. The highest BCUT2D eigenvalue weighted by Crippen LogP contribution is 2.27. The average Bonchev–Trinajstić information content (AvgIpc) is 2.48. The molecule has 7 nitrogen and oxygen atoms in total. The highest BCUT2D eigenvalue weighted by Gasteiger charge is 2.17. The molecule has 0 radical (unpaired) electrons. The first kappa shape index (κ1) is 19.5. The number of alkyl carbamates (subject to hydrolysis) is 1. The lowest BCUT2D eigenvalue weighted by Crippen LogP contribution is -2.32. The van der Waals surface area contributed by atoms with Crippen LogP contribution in [-0.2, 0) is 20.8 Å². The van der Waals surface area contributed by atoms with E-state index >= 15 is 0 Å². The summed E-state index contributed by atoms with van der Waals surface area (Å²) < 4.78 is 15.4. The van der Waals surface area contributed by atoms with Gasteiger partial charge in [0.15, 0.2) is 6.79 Å². The highest BCUT2D eigenvalue weighted by atomic mass is 16.7. The molecule has 0 spiro atoms. The van der Waals surface area contributed by atoms with Crippen molar-refractivity contribution in [1.29, 1.82) is 0 Å². The third-order valence-corrected chi connectivity index (χ3v) is 2.80. The monoisotopic (exact) mass is 337 g/mol. The van der Waals surface area contributed by atoms with Crippen molar-refractivity contribution < 1.29 is 28.9 Å². The number of ether oxygens (including phenoxy) is 3. The summed E-state index contributed by atoms with van der Waals surface area (Å²) in [5.74, 6) is -0.829. The largest absolute Gasteiger partial charge is 0.478 e. The predicted octanol–water partition coefficient (Wildman–Crippen LogP) is 2.79. The molecule has 0 aromatic heterocycles. The Kier molecular flexibility index (Phi) is 6.79. The van der Waals surface area contributed by atoms with Crippen molar-refractivity contribution in [3.8, 4) is 5.75 Å². The maximum atomic E-state index is 11.7. The first-order chi connectivity index (χ1) is 11.1. The van der Waals surface area contributed by atoms with Gasteiger partial charge in [-0.25, -0.2) is 9.59 Å². The van der Waals surface area contributed by atoms with Crippen LogP contribution in [0.15, 0.2) is 24.8 Å². The highest BCUT2D eigenvalue weighted by molar-refractivity contribution is 6.15. The summed E-state index contributed by atoms with van der Waals surface area (Å²) in [5.41, 5.74) is 0.391. The minimum absolute atomic E-state index is 0.0388. The van der Waals surface area contributed by atoms with Gasteiger partial charge < -0.3 is 24.6 Å². The van der Waals surface area contributed by atoms with Gasteiger partial charge >= 0.3 is 12.1 Å². The number of aliphatic carboxylic acids is 1. The van der Waals surface area contributed by atoms with Gasteiger partial charge in [0.05, 0.1) is 5.57 Å². The zero-order chi connectivity index (χ0) is 18.3. The fraction of sp³-hybridized carbons (Fsp3) is 0.412. The smallest absolute Gasteiger partial charge is 0.407 e. The Balaban J connectivity index is 2.88. The van der Waals surface area contributed by atoms with Gasteiger partial charge in [-0.3, -0.25) is 0 Å². The number of nitrogens with one attached hydrogen (secondary N) is 1. The molecule has 0 bridgehead atoms. The lowest BCUT2D eigenvalue weighted by Gasteiger charge is -2.20. The number of carboxylic acids is 1. The summed E-state index contributed by atoms with van der Waals surface area (Å²) in [6.07, 6.45) is -0.541. The zero-order valence-corrected chi connectivity index (χ0v) is 14.3. The van der Waals surface area contributed by atoms with Crippen LogP contribution in [0, 0.1) is 0 Å². The van der Waals surface area contributed by atoms with Crippen LogP contribution in [0.5, 0.6) is 5.75 Å². The normalized spacial score (nSPS) is 10.8. The van der Waals surface area contributed by atoms with E-state index in [-0.39, 0.29) is 18.9 Å². The molecule has 1 amide bonds. The van der Waals surface area contributed by atoms with Crippen molar-refractivity contribution in [3.63, 3.8) is 0 Å². The topological polar surface area (TPSA) is 94.1 Å². The third-order valence-electron chi connectivity index (χ3n) is 2.80. The second-order valence-electron chi connectivity index (χ2n) is 6.02. The van der Waals surface area contributed by atoms with E-state index in [1.54, 1.807) is 39.0 Å². The van der Waals surface area contributed by atoms with Gasteiger partial charge in [-0.15, -0.1) is 0 Å². The Morgan fingerprint density at radius 2 is 1.96 bits per heavy atom.